The highest BCUT2D eigenvalue weighted by molar-refractivity contribution is 7.89. The Hall–Kier alpha value is -1.41. The van der Waals surface area contributed by atoms with Gasteiger partial charge in [0, 0.05) is 19.7 Å². The molecule has 0 spiro atoms. The van der Waals surface area contributed by atoms with Gasteiger partial charge in [-0.2, -0.15) is 0 Å². The molecule has 0 fully saturated rings. The van der Waals surface area contributed by atoms with Crippen LogP contribution in [0.4, 0.5) is 0 Å². The van der Waals surface area contributed by atoms with Crippen molar-refractivity contribution in [1.82, 2.24) is 10.0 Å². The van der Waals surface area contributed by atoms with Gasteiger partial charge in [-0.3, -0.25) is 0 Å². The third kappa shape index (κ3) is 5.95. The summed E-state index contributed by atoms with van der Waals surface area (Å²) >= 11 is 0. The summed E-state index contributed by atoms with van der Waals surface area (Å²) in [5.74, 6) is 0.629. The van der Waals surface area contributed by atoms with Crippen LogP contribution in [0.15, 0.2) is 40.8 Å². The smallest absolute Gasteiger partial charge is 0.240 e. The zero-order valence-electron chi connectivity index (χ0n) is 13.4. The normalized spacial score (nSPS) is 15.3. The SMILES string of the molecule is CCOCCOc1ccc(S(=O)(=O)NCC2=CCNCC2)cc1. The second kappa shape index (κ2) is 9.02. The predicted molar refractivity (Wildman–Crippen MR) is 89.2 cm³/mol. The first-order chi connectivity index (χ1) is 11.1. The molecule has 0 unspecified atom stereocenters. The maximum Gasteiger partial charge on any atom is 0.240 e. The van der Waals surface area contributed by atoms with E-state index in [0.29, 0.717) is 32.1 Å². The summed E-state index contributed by atoms with van der Waals surface area (Å²) in [5, 5.41) is 3.20. The Bertz CT molecular complexity index is 611. The predicted octanol–water partition coefficient (Wildman–Crippen LogP) is 1.30. The van der Waals surface area contributed by atoms with E-state index in [9.17, 15) is 8.42 Å². The van der Waals surface area contributed by atoms with Gasteiger partial charge in [-0.25, -0.2) is 13.1 Å². The van der Waals surface area contributed by atoms with E-state index in [0.717, 1.165) is 25.1 Å². The van der Waals surface area contributed by atoms with Crippen LogP contribution in [0.25, 0.3) is 0 Å². The van der Waals surface area contributed by atoms with Crippen LogP contribution in [0.1, 0.15) is 13.3 Å². The lowest BCUT2D eigenvalue weighted by Gasteiger charge is -2.15. The molecule has 1 heterocycles. The summed E-state index contributed by atoms with van der Waals surface area (Å²) in [6.07, 6.45) is 2.90. The second-order valence-electron chi connectivity index (χ2n) is 5.16. The van der Waals surface area contributed by atoms with Crippen LogP contribution in [0.5, 0.6) is 5.75 Å². The molecular weight excluding hydrogens is 316 g/mol. The van der Waals surface area contributed by atoms with E-state index in [2.05, 4.69) is 10.0 Å². The summed E-state index contributed by atoms with van der Waals surface area (Å²) in [6, 6.07) is 6.42. The fourth-order valence-corrected chi connectivity index (χ4v) is 3.22. The zero-order valence-corrected chi connectivity index (χ0v) is 14.2. The first-order valence-electron chi connectivity index (χ1n) is 7.80. The molecule has 1 aliphatic rings. The quantitative estimate of drug-likeness (QED) is 0.523. The molecule has 0 aromatic heterocycles. The number of hydrogen-bond donors (Lipinski definition) is 2. The van der Waals surface area contributed by atoms with Gasteiger partial charge in [0.25, 0.3) is 0 Å². The number of hydrogen-bond acceptors (Lipinski definition) is 5. The van der Waals surface area contributed by atoms with E-state index in [1.54, 1.807) is 24.3 Å². The fraction of sp³-hybridized carbons (Fsp3) is 0.500. The molecule has 1 aliphatic heterocycles. The lowest BCUT2D eigenvalue weighted by Crippen LogP contribution is -2.29. The summed E-state index contributed by atoms with van der Waals surface area (Å²) in [6.45, 7) is 5.58. The van der Waals surface area contributed by atoms with Crippen LogP contribution in [0, 0.1) is 0 Å². The maximum atomic E-state index is 12.3. The van der Waals surface area contributed by atoms with Gasteiger partial charge in [-0.05, 0) is 44.2 Å². The van der Waals surface area contributed by atoms with E-state index in [4.69, 9.17) is 9.47 Å². The lowest BCUT2D eigenvalue weighted by molar-refractivity contribution is 0.110. The highest BCUT2D eigenvalue weighted by Gasteiger charge is 2.15. The Kier molecular flexibility index (Phi) is 7.04. The largest absolute Gasteiger partial charge is 0.491 e. The standard InChI is InChI=1S/C16H24N2O4S/c1-2-21-11-12-22-15-3-5-16(6-4-15)23(19,20)18-13-14-7-9-17-10-8-14/h3-7,17-18H,2,8-13H2,1H3. The first-order valence-corrected chi connectivity index (χ1v) is 9.29. The molecule has 0 saturated heterocycles. The van der Waals surface area contributed by atoms with Gasteiger partial charge < -0.3 is 14.8 Å². The van der Waals surface area contributed by atoms with Gasteiger partial charge in [-0.15, -0.1) is 0 Å². The number of sulfonamides is 1. The van der Waals surface area contributed by atoms with Crippen LogP contribution < -0.4 is 14.8 Å². The molecule has 0 saturated carbocycles. The minimum Gasteiger partial charge on any atom is -0.491 e. The summed E-state index contributed by atoms with van der Waals surface area (Å²) in [4.78, 5) is 0.240. The van der Waals surface area contributed by atoms with E-state index in [1.807, 2.05) is 13.0 Å². The molecule has 0 aliphatic carbocycles. The van der Waals surface area contributed by atoms with Crippen LogP contribution in [0.3, 0.4) is 0 Å². The maximum absolute atomic E-state index is 12.3. The minimum atomic E-state index is -3.50. The number of nitrogens with one attached hydrogen (secondary N) is 2. The van der Waals surface area contributed by atoms with Crippen molar-refractivity contribution in [2.75, 3.05) is 39.5 Å². The Labute approximate surface area is 137 Å². The molecule has 128 valence electrons. The molecular formula is C16H24N2O4S. The van der Waals surface area contributed by atoms with Gasteiger partial charge in [-0.1, -0.05) is 11.6 Å². The molecule has 1 aromatic rings. The molecule has 6 nitrogen and oxygen atoms in total. The highest BCUT2D eigenvalue weighted by atomic mass is 32.2. The Morgan fingerprint density at radius 2 is 2.00 bits per heavy atom. The first kappa shape index (κ1) is 17.9. The van der Waals surface area contributed by atoms with Gasteiger partial charge in [0.2, 0.25) is 10.0 Å². The number of benzene rings is 1. The summed E-state index contributed by atoms with van der Waals surface area (Å²) < 4.78 is 37.8. The summed E-state index contributed by atoms with van der Waals surface area (Å²) in [7, 11) is -3.50. The van der Waals surface area contributed by atoms with Gasteiger partial charge in [0.05, 0.1) is 11.5 Å². The summed E-state index contributed by atoms with van der Waals surface area (Å²) in [5.41, 5.74) is 1.11. The van der Waals surface area contributed by atoms with Gasteiger partial charge in [0.1, 0.15) is 12.4 Å². The van der Waals surface area contributed by atoms with E-state index in [-0.39, 0.29) is 4.90 Å². The molecule has 0 amide bonds. The van der Waals surface area contributed by atoms with E-state index >= 15 is 0 Å². The van der Waals surface area contributed by atoms with Crippen molar-refractivity contribution in [3.8, 4) is 5.75 Å². The Morgan fingerprint density at radius 1 is 1.22 bits per heavy atom. The molecule has 0 radical (unpaired) electrons. The molecule has 0 bridgehead atoms. The molecule has 1 aromatic carbocycles. The van der Waals surface area contributed by atoms with E-state index < -0.39 is 10.0 Å². The monoisotopic (exact) mass is 340 g/mol. The topological polar surface area (TPSA) is 76.7 Å². The number of ether oxygens (including phenoxy) is 2. The van der Waals surface area contributed by atoms with Gasteiger partial charge in [0.15, 0.2) is 0 Å². The minimum absolute atomic E-state index is 0.240. The zero-order chi connectivity index (χ0) is 16.5. The third-order valence-electron chi connectivity index (χ3n) is 3.48. The van der Waals surface area contributed by atoms with Gasteiger partial charge >= 0.3 is 0 Å². The van der Waals surface area contributed by atoms with Crippen molar-refractivity contribution >= 4 is 10.0 Å². The van der Waals surface area contributed by atoms with Crippen LogP contribution >= 0.6 is 0 Å². The second-order valence-corrected chi connectivity index (χ2v) is 6.92. The molecule has 7 heteroatoms. The molecule has 2 rings (SSSR count). The number of rotatable bonds is 9. The van der Waals surface area contributed by atoms with Crippen molar-refractivity contribution in [1.29, 1.82) is 0 Å². The third-order valence-corrected chi connectivity index (χ3v) is 4.90. The van der Waals surface area contributed by atoms with Crippen molar-refractivity contribution < 1.29 is 17.9 Å². The van der Waals surface area contributed by atoms with Crippen molar-refractivity contribution in [3.63, 3.8) is 0 Å². The fourth-order valence-electron chi connectivity index (χ4n) is 2.18. The van der Waals surface area contributed by atoms with Crippen molar-refractivity contribution in [2.45, 2.75) is 18.2 Å². The Morgan fingerprint density at radius 3 is 2.65 bits per heavy atom. The molecule has 0 atom stereocenters. The van der Waals surface area contributed by atoms with Crippen LogP contribution in [-0.4, -0.2) is 47.9 Å². The molecule has 2 N–H and O–H groups in total. The highest BCUT2D eigenvalue weighted by Crippen LogP contribution is 2.16. The van der Waals surface area contributed by atoms with E-state index in [1.165, 1.54) is 0 Å². The van der Waals surface area contributed by atoms with Crippen molar-refractivity contribution in [3.05, 3.63) is 35.9 Å². The average molecular weight is 340 g/mol. The lowest BCUT2D eigenvalue weighted by atomic mass is 10.1. The Balaban J connectivity index is 1.87. The van der Waals surface area contributed by atoms with Crippen molar-refractivity contribution in [2.24, 2.45) is 0 Å². The average Bonchev–Trinajstić information content (AvgIpc) is 2.58. The van der Waals surface area contributed by atoms with Crippen LogP contribution in [-0.2, 0) is 14.8 Å². The molecule has 23 heavy (non-hydrogen) atoms. The van der Waals surface area contributed by atoms with Crippen LogP contribution in [0.2, 0.25) is 0 Å².